The molecule has 134 valence electrons. The molecule has 4 nitrogen and oxygen atoms in total. The predicted octanol–water partition coefficient (Wildman–Crippen LogP) is 4.49. The van der Waals surface area contributed by atoms with Gasteiger partial charge in [-0.3, -0.25) is 4.79 Å². The Morgan fingerprint density at radius 3 is 2.56 bits per heavy atom. The molecule has 1 saturated heterocycles. The van der Waals surface area contributed by atoms with E-state index in [-0.39, 0.29) is 12.5 Å². The van der Waals surface area contributed by atoms with Crippen LogP contribution in [0.4, 0.5) is 0 Å². The van der Waals surface area contributed by atoms with Gasteiger partial charge in [0.2, 0.25) is 0 Å². The van der Waals surface area contributed by atoms with Crippen molar-refractivity contribution in [2.24, 2.45) is 0 Å². The quantitative estimate of drug-likeness (QED) is 0.742. The highest BCUT2D eigenvalue weighted by molar-refractivity contribution is 8.16. The first kappa shape index (κ1) is 18.3. The number of likely N-dealkylation sites (N-methyl/N-ethyl adjacent to an activating group) is 1. The molecule has 0 radical (unpaired) electrons. The molecule has 0 N–H and O–H groups in total. The van der Waals surface area contributed by atoms with E-state index < -0.39 is 0 Å². The molecule has 2 aromatic rings. The van der Waals surface area contributed by atoms with Crippen LogP contribution in [0.2, 0.25) is 0 Å². The van der Waals surface area contributed by atoms with Gasteiger partial charge in [-0.05, 0) is 54.7 Å². The van der Waals surface area contributed by atoms with Crippen molar-refractivity contribution in [1.82, 2.24) is 4.90 Å². The van der Waals surface area contributed by atoms with Crippen molar-refractivity contribution in [2.75, 3.05) is 25.2 Å². The second-order valence-corrected chi connectivity index (χ2v) is 8.77. The zero-order valence-electron chi connectivity index (χ0n) is 14.6. The van der Waals surface area contributed by atoms with E-state index >= 15 is 0 Å². The van der Waals surface area contributed by atoms with Gasteiger partial charge in [0.25, 0.3) is 5.91 Å². The average Bonchev–Trinajstić information content (AvgIpc) is 3.05. The third-order valence-electron chi connectivity index (χ3n) is 3.96. The molecule has 25 heavy (non-hydrogen) atoms. The molecule has 1 aliphatic rings. The number of hydrogen-bond acceptors (Lipinski definition) is 5. The molecule has 0 saturated carbocycles. The van der Waals surface area contributed by atoms with Crippen LogP contribution in [0.15, 0.2) is 40.8 Å². The van der Waals surface area contributed by atoms with E-state index in [9.17, 15) is 4.79 Å². The minimum atomic E-state index is -0.0727. The van der Waals surface area contributed by atoms with Crippen molar-refractivity contribution in [3.05, 3.63) is 53.5 Å². The van der Waals surface area contributed by atoms with E-state index in [2.05, 4.69) is 12.1 Å². The van der Waals surface area contributed by atoms with Crippen molar-refractivity contribution < 1.29 is 13.9 Å². The zero-order valence-corrected chi connectivity index (χ0v) is 16.2. The smallest absolute Gasteiger partial charge is 0.260 e. The summed E-state index contributed by atoms with van der Waals surface area (Å²) >= 11 is 4.00. The Morgan fingerprint density at radius 2 is 1.92 bits per heavy atom. The minimum absolute atomic E-state index is 0.0302. The van der Waals surface area contributed by atoms with Crippen LogP contribution in [0.3, 0.4) is 0 Å². The standard InChI is InChI=1S/C19H23NO3S2/c1-14-4-7-17(23-14)12-20(2)18(21)13-22-16-8-5-15(6-9-16)19-24-10-3-11-25-19/h4-9,19H,3,10-13H2,1-2H3. The van der Waals surface area contributed by atoms with Crippen LogP contribution >= 0.6 is 23.5 Å². The summed E-state index contributed by atoms with van der Waals surface area (Å²) in [4.78, 5) is 13.8. The number of furan rings is 1. The second-order valence-electron chi connectivity index (χ2n) is 6.05. The van der Waals surface area contributed by atoms with E-state index in [4.69, 9.17) is 9.15 Å². The van der Waals surface area contributed by atoms with Gasteiger partial charge in [-0.2, -0.15) is 0 Å². The monoisotopic (exact) mass is 377 g/mol. The topological polar surface area (TPSA) is 42.7 Å². The van der Waals surface area contributed by atoms with Gasteiger partial charge in [0.05, 0.1) is 11.1 Å². The molecule has 1 fully saturated rings. The Bertz CT molecular complexity index is 693. The molecule has 1 aliphatic heterocycles. The van der Waals surface area contributed by atoms with Crippen molar-refractivity contribution in [3.63, 3.8) is 0 Å². The highest BCUT2D eigenvalue weighted by Crippen LogP contribution is 2.43. The molecule has 3 rings (SSSR count). The lowest BCUT2D eigenvalue weighted by Gasteiger charge is -2.21. The second kappa shape index (κ2) is 8.72. The van der Waals surface area contributed by atoms with E-state index in [1.807, 2.05) is 54.7 Å². The fraction of sp³-hybridized carbons (Fsp3) is 0.421. The normalized spacial score (nSPS) is 15.1. The van der Waals surface area contributed by atoms with Gasteiger partial charge in [0, 0.05) is 7.05 Å². The molecule has 1 aromatic carbocycles. The Balaban J connectivity index is 1.48. The summed E-state index contributed by atoms with van der Waals surface area (Å²) in [5.74, 6) is 4.74. The minimum Gasteiger partial charge on any atom is -0.484 e. The third-order valence-corrected chi connectivity index (χ3v) is 6.97. The molecule has 2 heterocycles. The molecule has 0 atom stereocenters. The first-order valence-corrected chi connectivity index (χ1v) is 10.5. The van der Waals surface area contributed by atoms with E-state index in [0.29, 0.717) is 11.1 Å². The maximum Gasteiger partial charge on any atom is 0.260 e. The maximum absolute atomic E-state index is 12.2. The number of nitrogens with zero attached hydrogens (tertiary/aromatic N) is 1. The lowest BCUT2D eigenvalue weighted by molar-refractivity contribution is -0.132. The Kier molecular flexibility index (Phi) is 6.37. The van der Waals surface area contributed by atoms with Crippen molar-refractivity contribution in [1.29, 1.82) is 0 Å². The summed E-state index contributed by atoms with van der Waals surface area (Å²) in [5, 5.41) is 0. The van der Waals surface area contributed by atoms with E-state index in [1.165, 1.54) is 23.5 Å². The van der Waals surface area contributed by atoms with Crippen LogP contribution in [0, 0.1) is 6.92 Å². The van der Waals surface area contributed by atoms with Crippen LogP contribution in [-0.4, -0.2) is 36.0 Å². The summed E-state index contributed by atoms with van der Waals surface area (Å²) in [6, 6.07) is 11.9. The molecule has 6 heteroatoms. The van der Waals surface area contributed by atoms with Crippen molar-refractivity contribution in [3.8, 4) is 5.75 Å². The summed E-state index contributed by atoms with van der Waals surface area (Å²) < 4.78 is 11.7. The maximum atomic E-state index is 12.2. The first-order valence-electron chi connectivity index (χ1n) is 8.37. The van der Waals surface area contributed by atoms with Crippen LogP contribution < -0.4 is 4.74 Å². The molecule has 0 spiro atoms. The number of thioether (sulfide) groups is 2. The lowest BCUT2D eigenvalue weighted by Crippen LogP contribution is -2.30. The van der Waals surface area contributed by atoms with E-state index in [1.54, 1.807) is 11.9 Å². The van der Waals surface area contributed by atoms with Crippen LogP contribution in [0.25, 0.3) is 0 Å². The van der Waals surface area contributed by atoms with Crippen LogP contribution in [0.1, 0.15) is 28.1 Å². The number of ether oxygens (including phenoxy) is 1. The number of aryl methyl sites for hydroxylation is 1. The molecule has 1 amide bonds. The third kappa shape index (κ3) is 5.22. The molecule has 0 aliphatic carbocycles. The number of rotatable bonds is 6. The molecular weight excluding hydrogens is 354 g/mol. The molecule has 1 aromatic heterocycles. The number of amides is 1. The SMILES string of the molecule is Cc1ccc(CN(C)C(=O)COc2ccc(C3SCCCS3)cc2)o1. The van der Waals surface area contributed by atoms with Gasteiger partial charge in [-0.1, -0.05) is 12.1 Å². The summed E-state index contributed by atoms with van der Waals surface area (Å²) in [6.45, 7) is 2.37. The number of carbonyl (C=O) groups excluding carboxylic acids is 1. The fourth-order valence-corrected chi connectivity index (χ4v) is 5.44. The fourth-order valence-electron chi connectivity index (χ4n) is 2.55. The highest BCUT2D eigenvalue weighted by Gasteiger charge is 2.17. The first-order chi connectivity index (χ1) is 12.1. The van der Waals surface area contributed by atoms with Gasteiger partial charge in [0.15, 0.2) is 6.61 Å². The van der Waals surface area contributed by atoms with Gasteiger partial charge >= 0.3 is 0 Å². The highest BCUT2D eigenvalue weighted by atomic mass is 32.2. The molecule has 0 bridgehead atoms. The Labute approximate surface area is 157 Å². The molecule has 0 unspecified atom stereocenters. The summed E-state index contributed by atoms with van der Waals surface area (Å²) in [7, 11) is 1.75. The summed E-state index contributed by atoms with van der Waals surface area (Å²) in [6.07, 6.45) is 1.29. The Morgan fingerprint density at radius 1 is 1.20 bits per heavy atom. The zero-order chi connectivity index (χ0) is 17.6. The number of carbonyl (C=O) groups is 1. The summed E-state index contributed by atoms with van der Waals surface area (Å²) in [5.41, 5.74) is 1.32. The van der Waals surface area contributed by atoms with E-state index in [0.717, 1.165) is 17.3 Å². The molecular formula is C19H23NO3S2. The average molecular weight is 378 g/mol. The van der Waals surface area contributed by atoms with Crippen molar-refractivity contribution >= 4 is 29.4 Å². The van der Waals surface area contributed by atoms with Gasteiger partial charge in [-0.25, -0.2) is 0 Å². The van der Waals surface area contributed by atoms with Gasteiger partial charge < -0.3 is 14.1 Å². The van der Waals surface area contributed by atoms with Crippen molar-refractivity contribution in [2.45, 2.75) is 24.5 Å². The predicted molar refractivity (Wildman–Crippen MR) is 104 cm³/mol. The largest absolute Gasteiger partial charge is 0.484 e. The van der Waals surface area contributed by atoms with Gasteiger partial charge in [-0.15, -0.1) is 23.5 Å². The number of benzene rings is 1. The Hall–Kier alpha value is -1.53. The lowest BCUT2D eigenvalue weighted by atomic mass is 10.2. The van der Waals surface area contributed by atoms with Crippen LogP contribution in [0.5, 0.6) is 5.75 Å². The van der Waals surface area contributed by atoms with Gasteiger partial charge in [0.1, 0.15) is 17.3 Å². The number of hydrogen-bond donors (Lipinski definition) is 0. The van der Waals surface area contributed by atoms with Crippen LogP contribution in [-0.2, 0) is 11.3 Å².